The number of pyridine rings is 1. The normalized spacial score (nSPS) is 19.8. The van der Waals surface area contributed by atoms with Gasteiger partial charge in [0.2, 0.25) is 29.5 Å². The van der Waals surface area contributed by atoms with E-state index in [0.717, 1.165) is 40.2 Å². The Bertz CT molecular complexity index is 2240. The van der Waals surface area contributed by atoms with E-state index < -0.39 is 29.7 Å². The molecular formula is C40H36N6O7. The molecule has 2 aromatic heterocycles. The molecule has 2 fully saturated rings. The van der Waals surface area contributed by atoms with E-state index in [9.17, 15) is 19.2 Å². The fourth-order valence-corrected chi connectivity index (χ4v) is 6.96. The first kappa shape index (κ1) is 33.8. The summed E-state index contributed by atoms with van der Waals surface area (Å²) in [5, 5.41) is 13.6. The first-order chi connectivity index (χ1) is 25.5. The third kappa shape index (κ3) is 6.61. The van der Waals surface area contributed by atoms with Crippen molar-refractivity contribution < 1.29 is 33.1 Å². The molecule has 1 atom stereocenters. The predicted molar refractivity (Wildman–Crippen MR) is 192 cm³/mol. The maximum absolute atomic E-state index is 13.2. The minimum absolute atomic E-state index is 0.0332. The molecule has 0 spiro atoms. The third-order valence-electron chi connectivity index (χ3n) is 10.1. The van der Waals surface area contributed by atoms with Gasteiger partial charge in [0.15, 0.2) is 0 Å². The van der Waals surface area contributed by atoms with Crippen molar-refractivity contribution in [3.63, 3.8) is 0 Å². The molecule has 0 bridgehead atoms. The highest BCUT2D eigenvalue weighted by atomic mass is 16.5. The number of rotatable bonds is 10. The summed E-state index contributed by atoms with van der Waals surface area (Å²) in [4.78, 5) is 55.4. The summed E-state index contributed by atoms with van der Waals surface area (Å²) in [6.45, 7) is 6.09. The maximum Gasteiger partial charge on any atom is 0.262 e. The van der Waals surface area contributed by atoms with Crippen LogP contribution in [-0.2, 0) is 15.0 Å². The zero-order valence-corrected chi connectivity index (χ0v) is 29.3. The third-order valence-corrected chi connectivity index (χ3v) is 10.1. The second-order valence-electron chi connectivity index (χ2n) is 14.0. The Labute approximate surface area is 304 Å². The summed E-state index contributed by atoms with van der Waals surface area (Å²) in [5.74, 6) is 0.691. The highest BCUT2D eigenvalue weighted by Crippen LogP contribution is 2.36. The van der Waals surface area contributed by atoms with Crippen LogP contribution in [0.4, 0.5) is 5.69 Å². The lowest BCUT2D eigenvalue weighted by molar-refractivity contribution is -0.136. The number of hydrogen-bond acceptors (Lipinski definition) is 11. The van der Waals surface area contributed by atoms with Crippen LogP contribution in [0.25, 0.3) is 11.5 Å². The summed E-state index contributed by atoms with van der Waals surface area (Å²) in [6.07, 6.45) is 3.41. The lowest BCUT2D eigenvalue weighted by Crippen LogP contribution is -2.54. The topological polar surface area (TPSA) is 166 Å². The summed E-state index contributed by atoms with van der Waals surface area (Å²) in [7, 11) is 0. The van der Waals surface area contributed by atoms with Crippen LogP contribution in [0.3, 0.4) is 0 Å². The van der Waals surface area contributed by atoms with Gasteiger partial charge in [0.1, 0.15) is 23.6 Å². The van der Waals surface area contributed by atoms with E-state index in [0.29, 0.717) is 29.1 Å². The fourth-order valence-electron chi connectivity index (χ4n) is 6.96. The van der Waals surface area contributed by atoms with E-state index in [1.807, 2.05) is 24.3 Å². The average Bonchev–Trinajstić information content (AvgIpc) is 3.67. The van der Waals surface area contributed by atoms with Crippen LogP contribution in [-0.4, -0.2) is 61.9 Å². The number of fused-ring (bicyclic) bond motifs is 1. The van der Waals surface area contributed by atoms with Crippen LogP contribution in [0, 0.1) is 6.92 Å². The van der Waals surface area contributed by atoms with Crippen LogP contribution in [0.2, 0.25) is 0 Å². The van der Waals surface area contributed by atoms with Crippen molar-refractivity contribution >= 4 is 29.3 Å². The number of piperidine rings is 1. The summed E-state index contributed by atoms with van der Waals surface area (Å²) < 4.78 is 17.8. The molecule has 3 aliphatic rings. The summed E-state index contributed by atoms with van der Waals surface area (Å²) in [6, 6.07) is 23.9. The second-order valence-corrected chi connectivity index (χ2v) is 14.0. The molecule has 4 heterocycles. The number of hydrogen-bond donors (Lipinski definition) is 2. The number of aryl methyl sites for hydroxylation is 1. The molecule has 5 aromatic rings. The van der Waals surface area contributed by atoms with Gasteiger partial charge in [-0.15, -0.1) is 10.2 Å². The fraction of sp³-hybridized carbons (Fsp3) is 0.275. The first-order valence-corrected chi connectivity index (χ1v) is 17.5. The highest BCUT2D eigenvalue weighted by molar-refractivity contribution is 6.23. The Morgan fingerprint density at radius 2 is 1.55 bits per heavy atom. The monoisotopic (exact) mass is 712 g/mol. The molecule has 0 radical (unpaired) electrons. The van der Waals surface area contributed by atoms with Crippen LogP contribution >= 0.6 is 0 Å². The molecule has 53 heavy (non-hydrogen) atoms. The first-order valence-electron chi connectivity index (χ1n) is 17.5. The van der Waals surface area contributed by atoms with Crippen molar-refractivity contribution in [3.8, 4) is 28.8 Å². The molecule has 1 unspecified atom stereocenters. The Morgan fingerprint density at radius 1 is 0.849 bits per heavy atom. The zero-order valence-electron chi connectivity index (χ0n) is 29.3. The number of ether oxygens (including phenoxy) is 2. The lowest BCUT2D eigenvalue weighted by Gasteiger charge is -2.36. The Kier molecular flexibility index (Phi) is 8.48. The van der Waals surface area contributed by atoms with Crippen LogP contribution in [0.1, 0.15) is 77.3 Å². The SMILES string of the molecule is Cc1nnc(-c2ccnc(Oc3ccc(C(C)(C)c4ccc(OC5CC(Nc6ccc7c(c6)C(=O)N(C6CCC(=O)NC6=O)C7=O)C5)cc4)cc3)c2)o1. The number of anilines is 1. The minimum atomic E-state index is -0.990. The van der Waals surface area contributed by atoms with E-state index in [1.54, 1.807) is 43.5 Å². The second kappa shape index (κ2) is 13.3. The van der Waals surface area contributed by atoms with Gasteiger partial charge in [-0.1, -0.05) is 38.1 Å². The largest absolute Gasteiger partial charge is 0.490 e. The number of carbonyl (C=O) groups is 4. The van der Waals surface area contributed by atoms with Gasteiger partial charge < -0.3 is 19.2 Å². The van der Waals surface area contributed by atoms with Gasteiger partial charge in [-0.2, -0.15) is 0 Å². The standard InChI is InChI=1S/C40H36N6O7/c1-22-44-45-37(51-22)23-16-17-41-35(18-23)53-29-11-6-25(7-12-29)40(2,3)24-4-9-28(10-5-24)52-30-19-27(20-30)42-26-8-13-31-32(21-26)39(50)46(38(31)49)33-14-15-34(47)43-36(33)48/h4-13,16-18,21,27,30,33,42H,14-15,19-20H2,1-3H3,(H,43,47,48). The van der Waals surface area contributed by atoms with Crippen molar-refractivity contribution in [1.29, 1.82) is 0 Å². The van der Waals surface area contributed by atoms with E-state index in [4.69, 9.17) is 13.9 Å². The molecule has 268 valence electrons. The van der Waals surface area contributed by atoms with Gasteiger partial charge in [-0.25, -0.2) is 4.98 Å². The quantitative estimate of drug-likeness (QED) is 0.164. The maximum atomic E-state index is 13.2. The summed E-state index contributed by atoms with van der Waals surface area (Å²) >= 11 is 0. The minimum Gasteiger partial charge on any atom is -0.490 e. The number of nitrogens with zero attached hydrogens (tertiary/aromatic N) is 4. The van der Waals surface area contributed by atoms with Crippen molar-refractivity contribution in [1.82, 2.24) is 25.4 Å². The van der Waals surface area contributed by atoms with Crippen molar-refractivity contribution in [2.24, 2.45) is 0 Å². The number of aromatic nitrogens is 3. The molecule has 3 aromatic carbocycles. The smallest absolute Gasteiger partial charge is 0.262 e. The lowest BCUT2D eigenvalue weighted by atomic mass is 9.78. The zero-order chi connectivity index (χ0) is 36.9. The average molecular weight is 713 g/mol. The van der Waals surface area contributed by atoms with E-state index in [-0.39, 0.29) is 41.5 Å². The van der Waals surface area contributed by atoms with Gasteiger partial charge in [-0.3, -0.25) is 29.4 Å². The van der Waals surface area contributed by atoms with E-state index in [1.165, 1.54) is 0 Å². The van der Waals surface area contributed by atoms with E-state index in [2.05, 4.69) is 63.9 Å². The molecule has 13 heteroatoms. The predicted octanol–water partition coefficient (Wildman–Crippen LogP) is 5.98. The van der Waals surface area contributed by atoms with Gasteiger partial charge in [-0.05, 0) is 66.1 Å². The summed E-state index contributed by atoms with van der Waals surface area (Å²) in [5.41, 5.74) is 3.92. The molecule has 13 nitrogen and oxygen atoms in total. The molecule has 2 aliphatic heterocycles. The van der Waals surface area contributed by atoms with Crippen LogP contribution < -0.4 is 20.1 Å². The Hall–Kier alpha value is -6.37. The molecule has 2 N–H and O–H groups in total. The molecule has 1 aliphatic carbocycles. The molecule has 8 rings (SSSR count). The number of carbonyl (C=O) groups excluding carboxylic acids is 4. The van der Waals surface area contributed by atoms with Crippen LogP contribution in [0.15, 0.2) is 89.5 Å². The number of nitrogens with one attached hydrogen (secondary N) is 2. The van der Waals surface area contributed by atoms with E-state index >= 15 is 0 Å². The van der Waals surface area contributed by atoms with Gasteiger partial charge >= 0.3 is 0 Å². The number of benzene rings is 3. The molecule has 4 amide bonds. The number of imide groups is 2. The molecular weight excluding hydrogens is 676 g/mol. The highest BCUT2D eigenvalue weighted by Gasteiger charge is 2.45. The van der Waals surface area contributed by atoms with Gasteiger partial charge in [0.05, 0.1) is 11.1 Å². The Morgan fingerprint density at radius 3 is 2.23 bits per heavy atom. The van der Waals surface area contributed by atoms with Gasteiger partial charge in [0.25, 0.3) is 11.8 Å². The number of amides is 4. The molecule has 1 saturated heterocycles. The Balaban J connectivity index is 0.839. The molecule has 1 saturated carbocycles. The van der Waals surface area contributed by atoms with Crippen molar-refractivity contribution in [3.05, 3.63) is 113 Å². The van der Waals surface area contributed by atoms with Crippen LogP contribution in [0.5, 0.6) is 17.4 Å². The van der Waals surface area contributed by atoms with Gasteiger partial charge in [0, 0.05) is 61.2 Å². The van der Waals surface area contributed by atoms with Crippen molar-refractivity contribution in [2.45, 2.75) is 70.1 Å². The van der Waals surface area contributed by atoms with Crippen molar-refractivity contribution in [2.75, 3.05) is 5.32 Å².